The van der Waals surface area contributed by atoms with Crippen LogP contribution in [0.3, 0.4) is 0 Å². The summed E-state index contributed by atoms with van der Waals surface area (Å²) in [6.45, 7) is 4.63. The predicted molar refractivity (Wildman–Crippen MR) is 53.6 cm³/mol. The molecule has 1 heterocycles. The Kier molecular flexibility index (Phi) is 3.31. The number of hydrogen-bond acceptors (Lipinski definition) is 1. The highest BCUT2D eigenvalue weighted by Gasteiger charge is 2.11. The van der Waals surface area contributed by atoms with Gasteiger partial charge in [-0.05, 0) is 11.6 Å². The minimum absolute atomic E-state index is 0.122. The molecule has 0 spiro atoms. The fourth-order valence-electron chi connectivity index (χ4n) is 1.14. The fourth-order valence-corrected chi connectivity index (χ4v) is 1.14. The first-order valence-corrected chi connectivity index (χ1v) is 4.49. The van der Waals surface area contributed by atoms with Gasteiger partial charge in [0, 0.05) is 12.2 Å². The topological polar surface area (TPSA) is 41.1 Å². The van der Waals surface area contributed by atoms with Crippen molar-refractivity contribution in [2.75, 3.05) is 5.32 Å². The predicted octanol–water partition coefficient (Wildman–Crippen LogP) is 2.35. The van der Waals surface area contributed by atoms with Crippen LogP contribution in [0.2, 0.25) is 0 Å². The van der Waals surface area contributed by atoms with E-state index in [0.717, 1.165) is 11.3 Å². The van der Waals surface area contributed by atoms with Gasteiger partial charge in [-0.1, -0.05) is 32.0 Å². The Morgan fingerprint density at radius 3 is 2.69 bits per heavy atom. The largest absolute Gasteiger partial charge is 0.334 e. The number of benzene rings is 1. The Balaban J connectivity index is 0.000000396. The summed E-state index contributed by atoms with van der Waals surface area (Å²) in [6, 6.07) is 7.63. The minimum atomic E-state index is -0.122. The summed E-state index contributed by atoms with van der Waals surface area (Å²) in [5.41, 5.74) is 2.04. The molecule has 0 bridgehead atoms. The van der Waals surface area contributed by atoms with Gasteiger partial charge in [0.25, 0.3) is 0 Å². The third-order valence-corrected chi connectivity index (χ3v) is 1.70. The maximum Gasteiger partial charge on any atom is 0.319 e. The summed E-state index contributed by atoms with van der Waals surface area (Å²) >= 11 is 0. The molecular weight excluding hydrogens is 164 g/mol. The van der Waals surface area contributed by atoms with Crippen molar-refractivity contribution in [3.8, 4) is 0 Å². The van der Waals surface area contributed by atoms with E-state index in [9.17, 15) is 4.79 Å². The Morgan fingerprint density at radius 1 is 1.23 bits per heavy atom. The Bertz CT molecular complexity index is 297. The van der Waals surface area contributed by atoms with Crippen LogP contribution in [-0.2, 0) is 6.54 Å². The number of hydrogen-bond donors (Lipinski definition) is 2. The molecule has 0 atom stereocenters. The normalized spacial score (nSPS) is 12.9. The van der Waals surface area contributed by atoms with E-state index in [2.05, 4.69) is 10.6 Å². The quantitative estimate of drug-likeness (QED) is 0.629. The van der Waals surface area contributed by atoms with Crippen molar-refractivity contribution in [2.24, 2.45) is 0 Å². The highest BCUT2D eigenvalue weighted by molar-refractivity contribution is 5.92. The molecule has 0 saturated heterocycles. The standard InChI is InChI=1S/C8H8N2O.C2H6/c11-8-9-5-6-3-1-2-4-7(6)10-8;1-2/h1-4H,5H2,(H2,9,10,11);1-2H3. The SMILES string of the molecule is CC.O=C1NCc2ccccc2N1. The second-order valence-electron chi connectivity index (χ2n) is 2.46. The first kappa shape index (κ1) is 9.58. The maximum atomic E-state index is 10.8. The van der Waals surface area contributed by atoms with Crippen molar-refractivity contribution < 1.29 is 4.79 Å². The summed E-state index contributed by atoms with van der Waals surface area (Å²) in [4.78, 5) is 10.8. The number of rotatable bonds is 0. The van der Waals surface area contributed by atoms with Crippen LogP contribution in [-0.4, -0.2) is 6.03 Å². The van der Waals surface area contributed by atoms with Crippen molar-refractivity contribution in [1.82, 2.24) is 5.32 Å². The molecule has 2 rings (SSSR count). The van der Waals surface area contributed by atoms with E-state index in [-0.39, 0.29) is 6.03 Å². The van der Waals surface area contributed by atoms with Gasteiger partial charge in [0.05, 0.1) is 0 Å². The van der Waals surface area contributed by atoms with E-state index in [1.165, 1.54) is 0 Å². The van der Waals surface area contributed by atoms with Gasteiger partial charge < -0.3 is 10.6 Å². The van der Waals surface area contributed by atoms with E-state index in [1.807, 2.05) is 38.1 Å². The first-order valence-electron chi connectivity index (χ1n) is 4.49. The zero-order valence-corrected chi connectivity index (χ0v) is 7.92. The summed E-state index contributed by atoms with van der Waals surface area (Å²) in [5, 5.41) is 5.40. The van der Waals surface area contributed by atoms with Crippen LogP contribution < -0.4 is 10.6 Å². The third-order valence-electron chi connectivity index (χ3n) is 1.70. The second kappa shape index (κ2) is 4.50. The van der Waals surface area contributed by atoms with E-state index in [4.69, 9.17) is 0 Å². The molecule has 2 N–H and O–H groups in total. The van der Waals surface area contributed by atoms with Crippen molar-refractivity contribution in [2.45, 2.75) is 20.4 Å². The van der Waals surface area contributed by atoms with Crippen molar-refractivity contribution in [3.63, 3.8) is 0 Å². The molecular formula is C10H14N2O. The Labute approximate surface area is 78.2 Å². The number of fused-ring (bicyclic) bond motifs is 1. The summed E-state index contributed by atoms with van der Waals surface area (Å²) < 4.78 is 0. The molecule has 3 heteroatoms. The van der Waals surface area contributed by atoms with E-state index in [0.29, 0.717) is 6.54 Å². The Hall–Kier alpha value is -1.51. The lowest BCUT2D eigenvalue weighted by Gasteiger charge is -2.17. The van der Waals surface area contributed by atoms with Crippen LogP contribution in [0.4, 0.5) is 10.5 Å². The second-order valence-corrected chi connectivity index (χ2v) is 2.46. The lowest BCUT2D eigenvalue weighted by atomic mass is 10.1. The molecule has 2 amide bonds. The van der Waals surface area contributed by atoms with E-state index in [1.54, 1.807) is 0 Å². The fraction of sp³-hybridized carbons (Fsp3) is 0.300. The van der Waals surface area contributed by atoms with E-state index >= 15 is 0 Å². The number of amides is 2. The molecule has 0 saturated carbocycles. The molecule has 13 heavy (non-hydrogen) atoms. The van der Waals surface area contributed by atoms with Crippen LogP contribution in [0.25, 0.3) is 0 Å². The van der Waals surface area contributed by atoms with E-state index < -0.39 is 0 Å². The summed E-state index contributed by atoms with van der Waals surface area (Å²) in [7, 11) is 0. The Morgan fingerprint density at radius 2 is 1.92 bits per heavy atom. The molecule has 0 unspecified atom stereocenters. The van der Waals surface area contributed by atoms with Crippen LogP contribution in [0.1, 0.15) is 19.4 Å². The smallest absolute Gasteiger partial charge is 0.319 e. The lowest BCUT2D eigenvalue weighted by molar-refractivity contribution is 0.251. The number of para-hydroxylation sites is 1. The molecule has 0 fully saturated rings. The highest BCUT2D eigenvalue weighted by Crippen LogP contribution is 2.16. The van der Waals surface area contributed by atoms with Gasteiger partial charge in [-0.2, -0.15) is 0 Å². The van der Waals surface area contributed by atoms with Crippen LogP contribution >= 0.6 is 0 Å². The molecule has 0 aromatic heterocycles. The first-order chi connectivity index (χ1) is 6.36. The maximum absolute atomic E-state index is 10.8. The summed E-state index contributed by atoms with van der Waals surface area (Å²) in [5.74, 6) is 0. The van der Waals surface area contributed by atoms with Gasteiger partial charge in [0.1, 0.15) is 0 Å². The zero-order valence-electron chi connectivity index (χ0n) is 7.92. The van der Waals surface area contributed by atoms with Gasteiger partial charge in [0.2, 0.25) is 0 Å². The van der Waals surface area contributed by atoms with Crippen molar-refractivity contribution in [1.29, 1.82) is 0 Å². The van der Waals surface area contributed by atoms with Crippen LogP contribution in [0.5, 0.6) is 0 Å². The average Bonchev–Trinajstić information content (AvgIpc) is 2.21. The highest BCUT2D eigenvalue weighted by atomic mass is 16.2. The van der Waals surface area contributed by atoms with Crippen molar-refractivity contribution >= 4 is 11.7 Å². The average molecular weight is 178 g/mol. The van der Waals surface area contributed by atoms with Crippen LogP contribution in [0.15, 0.2) is 24.3 Å². The molecule has 3 nitrogen and oxygen atoms in total. The van der Waals surface area contributed by atoms with Gasteiger partial charge in [0.15, 0.2) is 0 Å². The number of urea groups is 1. The van der Waals surface area contributed by atoms with Gasteiger partial charge in [-0.25, -0.2) is 4.79 Å². The lowest BCUT2D eigenvalue weighted by Crippen LogP contribution is -2.33. The molecule has 0 radical (unpaired) electrons. The number of carbonyl (C=O) groups excluding carboxylic acids is 1. The molecule has 1 aliphatic heterocycles. The van der Waals surface area contributed by atoms with Gasteiger partial charge in [-0.3, -0.25) is 0 Å². The number of anilines is 1. The molecule has 1 aromatic rings. The van der Waals surface area contributed by atoms with Gasteiger partial charge >= 0.3 is 6.03 Å². The zero-order chi connectivity index (χ0) is 9.68. The van der Waals surface area contributed by atoms with Crippen molar-refractivity contribution in [3.05, 3.63) is 29.8 Å². The monoisotopic (exact) mass is 178 g/mol. The molecule has 70 valence electrons. The molecule has 0 aliphatic carbocycles. The summed E-state index contributed by atoms with van der Waals surface area (Å²) in [6.07, 6.45) is 0. The number of nitrogens with one attached hydrogen (secondary N) is 2. The molecule has 1 aliphatic rings. The third kappa shape index (κ3) is 2.21. The van der Waals surface area contributed by atoms with Gasteiger partial charge in [-0.15, -0.1) is 0 Å². The molecule has 1 aromatic carbocycles. The number of carbonyl (C=O) groups is 1. The minimum Gasteiger partial charge on any atom is -0.334 e. The van der Waals surface area contributed by atoms with Crippen LogP contribution in [0, 0.1) is 0 Å².